The molecule has 0 saturated carbocycles. The zero-order valence-corrected chi connectivity index (χ0v) is 30.6. The lowest BCUT2D eigenvalue weighted by atomic mass is 9.91. The zero-order valence-electron chi connectivity index (χ0n) is 30.6. The molecular weight excluding hydrogens is 588 g/mol. The highest BCUT2D eigenvalue weighted by atomic mass is 16.5. The van der Waals surface area contributed by atoms with Crippen molar-refractivity contribution in [2.75, 3.05) is 52.5 Å². The summed E-state index contributed by atoms with van der Waals surface area (Å²) in [5.74, 6) is 1.88. The molecule has 4 nitrogen and oxygen atoms in total. The number of hydrogen-bond acceptors (Lipinski definition) is 2. The summed E-state index contributed by atoms with van der Waals surface area (Å²) in [4.78, 5) is 0. The lowest BCUT2D eigenvalue weighted by Gasteiger charge is -2.37. The van der Waals surface area contributed by atoms with Gasteiger partial charge in [0.15, 0.2) is 0 Å². The van der Waals surface area contributed by atoms with Crippen LogP contribution in [-0.4, -0.2) is 61.4 Å². The van der Waals surface area contributed by atoms with Crippen LogP contribution in [0.25, 0.3) is 11.1 Å². The number of ether oxygens (including phenoxy) is 2. The van der Waals surface area contributed by atoms with Crippen LogP contribution in [0.2, 0.25) is 0 Å². The van der Waals surface area contributed by atoms with Gasteiger partial charge in [0.2, 0.25) is 0 Å². The normalized spacial score (nSPS) is 12.5. The molecular formula is C44H60N2O2+2. The Labute approximate surface area is 291 Å². The van der Waals surface area contributed by atoms with Gasteiger partial charge in [-0.25, -0.2) is 0 Å². The van der Waals surface area contributed by atoms with Gasteiger partial charge < -0.3 is 18.4 Å². The highest BCUT2D eigenvalue weighted by Gasteiger charge is 2.25. The second kappa shape index (κ2) is 18.6. The van der Waals surface area contributed by atoms with Crippen LogP contribution in [0.3, 0.4) is 0 Å². The molecule has 0 aliphatic carbocycles. The second-order valence-corrected chi connectivity index (χ2v) is 13.1. The zero-order chi connectivity index (χ0) is 34.2. The van der Waals surface area contributed by atoms with Gasteiger partial charge in [-0.05, 0) is 87.1 Å². The molecule has 0 bridgehead atoms. The molecule has 0 aliphatic heterocycles. The number of hydrogen-bond donors (Lipinski definition) is 0. The fourth-order valence-electron chi connectivity index (χ4n) is 7.03. The number of nitrogens with zero attached hydrogens (tertiary/aromatic N) is 2. The van der Waals surface area contributed by atoms with E-state index in [-0.39, 0.29) is 0 Å². The average Bonchev–Trinajstić information content (AvgIpc) is 3.14. The predicted octanol–water partition coefficient (Wildman–Crippen LogP) is 10.3. The Kier molecular flexibility index (Phi) is 14.3. The molecule has 0 atom stereocenters. The van der Waals surface area contributed by atoms with E-state index >= 15 is 0 Å². The molecule has 48 heavy (non-hydrogen) atoms. The van der Waals surface area contributed by atoms with Crippen molar-refractivity contribution in [2.45, 2.75) is 67.5 Å². The van der Waals surface area contributed by atoms with Crippen molar-refractivity contribution in [1.29, 1.82) is 0 Å². The van der Waals surface area contributed by atoms with E-state index < -0.39 is 0 Å². The summed E-state index contributed by atoms with van der Waals surface area (Å²) in [5, 5.41) is 0. The Hall–Kier alpha value is -3.86. The molecule has 256 valence electrons. The minimum atomic E-state index is 0.711. The van der Waals surface area contributed by atoms with E-state index in [1.807, 2.05) is 0 Å². The molecule has 4 aromatic rings. The lowest BCUT2D eigenvalue weighted by molar-refractivity contribution is -0.937. The summed E-state index contributed by atoms with van der Waals surface area (Å²) in [5.41, 5.74) is 8.10. The molecule has 0 fully saturated rings. The van der Waals surface area contributed by atoms with E-state index in [1.54, 1.807) is 0 Å². The van der Waals surface area contributed by atoms with Crippen molar-refractivity contribution in [2.24, 2.45) is 0 Å². The van der Waals surface area contributed by atoms with Gasteiger partial charge in [-0.2, -0.15) is 0 Å². The van der Waals surface area contributed by atoms with Gasteiger partial charge in [0.1, 0.15) is 50.9 Å². The van der Waals surface area contributed by atoms with Gasteiger partial charge in [-0.1, -0.05) is 98.8 Å². The monoisotopic (exact) mass is 648 g/mol. The molecule has 0 saturated heterocycles. The van der Waals surface area contributed by atoms with E-state index in [9.17, 15) is 0 Å². The molecule has 0 heterocycles. The molecule has 0 aromatic heterocycles. The Morgan fingerprint density at radius 1 is 0.438 bits per heavy atom. The van der Waals surface area contributed by atoms with Gasteiger partial charge >= 0.3 is 0 Å². The Morgan fingerprint density at radius 2 is 0.771 bits per heavy atom. The van der Waals surface area contributed by atoms with Gasteiger partial charge in [-0.3, -0.25) is 0 Å². The van der Waals surface area contributed by atoms with Crippen LogP contribution < -0.4 is 9.47 Å². The van der Waals surface area contributed by atoms with Crippen LogP contribution in [0.4, 0.5) is 0 Å². The smallest absolute Gasteiger partial charge is 0.137 e. The largest absolute Gasteiger partial charge is 0.488 e. The quantitative estimate of drug-likeness (QED) is 0.0701. The highest BCUT2D eigenvalue weighted by Crippen LogP contribution is 2.33. The highest BCUT2D eigenvalue weighted by molar-refractivity contribution is 5.90. The predicted molar refractivity (Wildman–Crippen MR) is 204 cm³/mol. The molecule has 0 spiro atoms. The maximum absolute atomic E-state index is 6.31. The molecule has 4 heteroatoms. The Morgan fingerprint density at radius 3 is 1.06 bits per heavy atom. The van der Waals surface area contributed by atoms with Crippen LogP contribution in [0.5, 0.6) is 11.5 Å². The van der Waals surface area contributed by atoms with Crippen LogP contribution in [-0.2, 0) is 13.1 Å². The maximum atomic E-state index is 6.31. The third-order valence-corrected chi connectivity index (χ3v) is 10.6. The van der Waals surface area contributed by atoms with Crippen LogP contribution in [0, 0.1) is 0 Å². The Bertz CT molecular complexity index is 1390. The van der Waals surface area contributed by atoms with Crippen LogP contribution >= 0.6 is 0 Å². The SMILES string of the molecule is CC/C(=C(\CC)c1ccc(OCC[N+](CC)(CC)Cc2ccccc2)cc1)c1ccc(OCC[N+](CC)(CC)Cc2ccccc2)cc1. The first-order valence-corrected chi connectivity index (χ1v) is 18.4. The lowest BCUT2D eigenvalue weighted by Crippen LogP contribution is -2.49. The van der Waals surface area contributed by atoms with Gasteiger partial charge in [-0.15, -0.1) is 0 Å². The van der Waals surface area contributed by atoms with E-state index in [2.05, 4.69) is 151 Å². The third kappa shape index (κ3) is 10.1. The van der Waals surface area contributed by atoms with Gasteiger partial charge in [0.05, 0.1) is 26.2 Å². The maximum Gasteiger partial charge on any atom is 0.137 e. The fraction of sp³-hybridized carbons (Fsp3) is 0.409. The summed E-state index contributed by atoms with van der Waals surface area (Å²) in [6.07, 6.45) is 1.95. The molecule has 0 aliphatic rings. The van der Waals surface area contributed by atoms with Crippen molar-refractivity contribution in [3.8, 4) is 11.5 Å². The van der Waals surface area contributed by atoms with Gasteiger partial charge in [0.25, 0.3) is 0 Å². The first kappa shape index (κ1) is 37.0. The van der Waals surface area contributed by atoms with E-state index in [0.29, 0.717) is 13.2 Å². The van der Waals surface area contributed by atoms with Crippen molar-refractivity contribution in [1.82, 2.24) is 0 Å². The first-order valence-electron chi connectivity index (χ1n) is 18.4. The molecule has 0 amide bonds. The molecule has 0 N–H and O–H groups in total. The van der Waals surface area contributed by atoms with E-state index in [4.69, 9.17) is 9.47 Å². The summed E-state index contributed by atoms with van der Waals surface area (Å²) < 4.78 is 14.7. The number of benzene rings is 4. The average molecular weight is 649 g/mol. The molecule has 4 aromatic carbocycles. The van der Waals surface area contributed by atoms with Crippen molar-refractivity contribution in [3.05, 3.63) is 131 Å². The van der Waals surface area contributed by atoms with E-state index in [0.717, 1.165) is 85.7 Å². The van der Waals surface area contributed by atoms with Crippen molar-refractivity contribution >= 4 is 11.1 Å². The number of allylic oxidation sites excluding steroid dienone is 2. The summed E-state index contributed by atoms with van der Waals surface area (Å²) in [7, 11) is 0. The summed E-state index contributed by atoms with van der Waals surface area (Å²) in [6.45, 7) is 23.6. The topological polar surface area (TPSA) is 18.5 Å². The minimum Gasteiger partial charge on any atom is -0.488 e. The third-order valence-electron chi connectivity index (χ3n) is 10.6. The number of quaternary nitrogens is 2. The molecule has 0 radical (unpaired) electrons. The second-order valence-electron chi connectivity index (χ2n) is 13.1. The van der Waals surface area contributed by atoms with Crippen molar-refractivity contribution in [3.63, 3.8) is 0 Å². The van der Waals surface area contributed by atoms with Gasteiger partial charge in [0, 0.05) is 11.1 Å². The Balaban J connectivity index is 1.37. The summed E-state index contributed by atoms with van der Waals surface area (Å²) >= 11 is 0. The minimum absolute atomic E-state index is 0.711. The number of rotatable bonds is 20. The van der Waals surface area contributed by atoms with Crippen molar-refractivity contribution < 1.29 is 18.4 Å². The van der Waals surface area contributed by atoms with Crippen LogP contribution in [0.1, 0.15) is 76.6 Å². The molecule has 4 rings (SSSR count). The standard InChI is InChI=1S/C44H60N2O2/c1-7-43(39-23-27-41(28-24-39)47-33-31-45(9-3,10-4)35-37-19-15-13-16-20-37)44(8-2)40-25-29-42(30-26-40)48-34-32-46(11-5,12-6)36-38-21-17-14-18-22-38/h13-30H,7-12,31-36H2,1-6H3/q+2/b44-43-. The summed E-state index contributed by atoms with van der Waals surface area (Å²) in [6, 6.07) is 39.2. The first-order chi connectivity index (χ1) is 23.4. The van der Waals surface area contributed by atoms with E-state index in [1.165, 1.54) is 33.4 Å². The fourth-order valence-corrected chi connectivity index (χ4v) is 7.03. The van der Waals surface area contributed by atoms with Crippen LogP contribution in [0.15, 0.2) is 109 Å². The molecule has 0 unspecified atom stereocenters. The number of likely N-dealkylation sites (N-methyl/N-ethyl adjacent to an activating group) is 2.